The van der Waals surface area contributed by atoms with Crippen LogP contribution in [0.15, 0.2) is 18.5 Å². The zero-order valence-corrected chi connectivity index (χ0v) is 15.5. The molecule has 10 heteroatoms. The first-order valence-electron chi connectivity index (χ1n) is 9.70. The van der Waals surface area contributed by atoms with E-state index in [0.717, 1.165) is 18.7 Å². The molecule has 2 aliphatic carbocycles. The monoisotopic (exact) mass is 411 g/mol. The lowest BCUT2D eigenvalue weighted by Crippen LogP contribution is -2.30. The Hall–Kier alpha value is -2.36. The largest absolute Gasteiger partial charge is 0.431 e. The summed E-state index contributed by atoms with van der Waals surface area (Å²) >= 11 is 0. The minimum atomic E-state index is -2.99. The number of likely N-dealkylation sites (tertiary alicyclic amines) is 1. The van der Waals surface area contributed by atoms with Gasteiger partial charge in [-0.1, -0.05) is 0 Å². The third-order valence-electron chi connectivity index (χ3n) is 6.04. The number of nitrogens with zero attached hydrogens (tertiary/aromatic N) is 4. The molecule has 0 amide bonds. The molecule has 6 nitrogen and oxygen atoms in total. The predicted molar refractivity (Wildman–Crippen MR) is 96.9 cm³/mol. The SMILES string of the molecule is Nc1ncc(-c2cn([C@@H]3[C@@H]4CN(CC(F)F)C[C@@H]43)c(C3CC3)n2)cc1OC(F)F. The minimum Gasteiger partial charge on any atom is -0.431 e. The van der Waals surface area contributed by atoms with Crippen LogP contribution in [0.3, 0.4) is 0 Å². The normalized spacial score (nSPS) is 26.3. The van der Waals surface area contributed by atoms with Crippen LogP contribution in [0.1, 0.15) is 30.6 Å². The lowest BCUT2D eigenvalue weighted by molar-refractivity contribution is -0.0494. The van der Waals surface area contributed by atoms with E-state index in [9.17, 15) is 17.6 Å². The van der Waals surface area contributed by atoms with Crippen molar-refractivity contribution in [1.82, 2.24) is 19.4 Å². The van der Waals surface area contributed by atoms with Gasteiger partial charge in [0, 0.05) is 43.0 Å². The van der Waals surface area contributed by atoms with E-state index in [-0.39, 0.29) is 24.2 Å². The molecule has 0 radical (unpaired) electrons. The van der Waals surface area contributed by atoms with Crippen molar-refractivity contribution < 1.29 is 22.3 Å². The van der Waals surface area contributed by atoms with Gasteiger partial charge >= 0.3 is 6.61 Å². The number of fused-ring (bicyclic) bond motifs is 1. The first kappa shape index (κ1) is 18.7. The number of alkyl halides is 4. The Bertz CT molecular complexity index is 904. The van der Waals surface area contributed by atoms with Crippen molar-refractivity contribution in [3.8, 4) is 17.0 Å². The van der Waals surface area contributed by atoms with Gasteiger partial charge in [0.15, 0.2) is 11.6 Å². The Morgan fingerprint density at radius 3 is 2.52 bits per heavy atom. The molecule has 3 atom stereocenters. The van der Waals surface area contributed by atoms with E-state index >= 15 is 0 Å². The van der Waals surface area contributed by atoms with Crippen LogP contribution in [0, 0.1) is 11.8 Å². The van der Waals surface area contributed by atoms with Crippen molar-refractivity contribution in [2.45, 2.75) is 37.8 Å². The van der Waals surface area contributed by atoms with Crippen LogP contribution in [0.4, 0.5) is 23.4 Å². The second-order valence-electron chi connectivity index (χ2n) is 8.08. The standard InChI is InChI=1S/C19H21F4N5O/c20-15(21)8-27-5-11-12(6-27)16(11)28-7-13(26-18(28)9-1-2-9)10-3-14(29-19(22)23)17(24)25-4-10/h3-4,7,9,11-12,15-16,19H,1-2,5-6,8H2,(H2,24,25)/t11-,12+,16-. The fraction of sp³-hybridized carbons (Fsp3) is 0.579. The summed E-state index contributed by atoms with van der Waals surface area (Å²) < 4.78 is 57.1. The molecule has 0 aromatic carbocycles. The smallest absolute Gasteiger partial charge is 0.387 e. The van der Waals surface area contributed by atoms with Crippen LogP contribution in [0.5, 0.6) is 5.75 Å². The summed E-state index contributed by atoms with van der Waals surface area (Å²) in [6.07, 6.45) is 3.24. The summed E-state index contributed by atoms with van der Waals surface area (Å²) in [7, 11) is 0. The Morgan fingerprint density at radius 2 is 1.90 bits per heavy atom. The number of imidazole rings is 1. The maximum atomic E-state index is 12.6. The van der Waals surface area contributed by atoms with Gasteiger partial charge in [-0.05, 0) is 30.7 Å². The molecule has 3 fully saturated rings. The maximum absolute atomic E-state index is 12.6. The molecule has 0 bridgehead atoms. The Balaban J connectivity index is 1.39. The van der Waals surface area contributed by atoms with Gasteiger partial charge in [-0.3, -0.25) is 4.90 Å². The average molecular weight is 411 g/mol. The van der Waals surface area contributed by atoms with E-state index in [0.29, 0.717) is 42.1 Å². The van der Waals surface area contributed by atoms with Gasteiger partial charge in [0.2, 0.25) is 0 Å². The lowest BCUT2D eigenvalue weighted by Gasteiger charge is -2.19. The summed E-state index contributed by atoms with van der Waals surface area (Å²) in [5.74, 6) is 1.80. The molecule has 3 aliphatic rings. The fourth-order valence-corrected chi connectivity index (χ4v) is 4.55. The number of nitrogens with two attached hydrogens (primary N) is 1. The van der Waals surface area contributed by atoms with Gasteiger partial charge in [-0.15, -0.1) is 0 Å². The van der Waals surface area contributed by atoms with E-state index in [1.165, 1.54) is 12.3 Å². The summed E-state index contributed by atoms with van der Waals surface area (Å²) in [6.45, 7) is -1.81. The van der Waals surface area contributed by atoms with Gasteiger partial charge in [0.1, 0.15) is 5.82 Å². The number of anilines is 1. The number of nitrogen functional groups attached to an aromatic ring is 1. The van der Waals surface area contributed by atoms with E-state index in [4.69, 9.17) is 10.7 Å². The molecule has 1 saturated heterocycles. The molecule has 0 unspecified atom stereocenters. The molecule has 156 valence electrons. The predicted octanol–water partition coefficient (Wildman–Crippen LogP) is 3.37. The molecular weight excluding hydrogens is 390 g/mol. The van der Waals surface area contributed by atoms with E-state index in [1.54, 1.807) is 0 Å². The van der Waals surface area contributed by atoms with Crippen molar-refractivity contribution in [2.24, 2.45) is 11.8 Å². The molecule has 2 aromatic heterocycles. The third-order valence-corrected chi connectivity index (χ3v) is 6.04. The highest BCUT2D eigenvalue weighted by Gasteiger charge is 2.57. The van der Waals surface area contributed by atoms with Crippen molar-refractivity contribution in [3.63, 3.8) is 0 Å². The Morgan fingerprint density at radius 1 is 1.17 bits per heavy atom. The second-order valence-corrected chi connectivity index (χ2v) is 8.08. The first-order valence-corrected chi connectivity index (χ1v) is 9.70. The number of pyridine rings is 1. The number of rotatable bonds is 7. The highest BCUT2D eigenvalue weighted by Crippen LogP contribution is 2.57. The van der Waals surface area contributed by atoms with Crippen LogP contribution in [-0.2, 0) is 0 Å². The van der Waals surface area contributed by atoms with Gasteiger partial charge in [0.05, 0.1) is 12.2 Å². The number of aromatic nitrogens is 3. The van der Waals surface area contributed by atoms with Crippen LogP contribution >= 0.6 is 0 Å². The molecule has 0 spiro atoms. The van der Waals surface area contributed by atoms with E-state index in [2.05, 4.69) is 14.3 Å². The molecule has 3 heterocycles. The Kier molecular flexibility index (Phi) is 4.41. The van der Waals surface area contributed by atoms with Gasteiger partial charge in [-0.2, -0.15) is 8.78 Å². The highest BCUT2D eigenvalue weighted by molar-refractivity contribution is 5.64. The zero-order valence-electron chi connectivity index (χ0n) is 15.5. The molecule has 2 aromatic rings. The summed E-state index contributed by atoms with van der Waals surface area (Å²) in [6, 6.07) is 1.69. The minimum absolute atomic E-state index is 0.105. The van der Waals surface area contributed by atoms with E-state index < -0.39 is 13.0 Å². The van der Waals surface area contributed by atoms with Gasteiger partial charge < -0.3 is 15.0 Å². The van der Waals surface area contributed by atoms with Gasteiger partial charge in [-0.25, -0.2) is 18.7 Å². The number of hydrogen-bond acceptors (Lipinski definition) is 5. The topological polar surface area (TPSA) is 69.2 Å². The van der Waals surface area contributed by atoms with Crippen LogP contribution < -0.4 is 10.5 Å². The maximum Gasteiger partial charge on any atom is 0.387 e. The second kappa shape index (κ2) is 6.86. The molecule has 5 rings (SSSR count). The molecule has 29 heavy (non-hydrogen) atoms. The van der Waals surface area contributed by atoms with Gasteiger partial charge in [0.25, 0.3) is 6.43 Å². The summed E-state index contributed by atoms with van der Waals surface area (Å²) in [5.41, 5.74) is 6.81. The van der Waals surface area contributed by atoms with Crippen LogP contribution in [0.25, 0.3) is 11.3 Å². The fourth-order valence-electron chi connectivity index (χ4n) is 4.55. The zero-order chi connectivity index (χ0) is 20.3. The summed E-state index contributed by atoms with van der Waals surface area (Å²) in [4.78, 5) is 10.5. The third kappa shape index (κ3) is 3.54. The Labute approximate surface area is 164 Å². The molecule has 2 N–H and O–H groups in total. The van der Waals surface area contributed by atoms with Crippen molar-refractivity contribution in [3.05, 3.63) is 24.3 Å². The summed E-state index contributed by atoms with van der Waals surface area (Å²) in [5, 5.41) is 0. The first-order chi connectivity index (χ1) is 13.9. The van der Waals surface area contributed by atoms with Crippen LogP contribution in [-0.4, -0.2) is 52.1 Å². The van der Waals surface area contributed by atoms with Crippen LogP contribution in [0.2, 0.25) is 0 Å². The highest BCUT2D eigenvalue weighted by atomic mass is 19.3. The van der Waals surface area contributed by atoms with Crippen molar-refractivity contribution in [2.75, 3.05) is 25.4 Å². The number of hydrogen-bond donors (Lipinski definition) is 1. The molecule has 1 aliphatic heterocycles. The van der Waals surface area contributed by atoms with E-state index in [1.807, 2.05) is 11.1 Å². The average Bonchev–Trinajstić information content (AvgIpc) is 3.52. The quantitative estimate of drug-likeness (QED) is 0.708. The number of piperidine rings is 1. The molecule has 2 saturated carbocycles. The lowest BCUT2D eigenvalue weighted by atomic mass is 10.2. The number of ether oxygens (including phenoxy) is 1. The van der Waals surface area contributed by atoms with Crippen molar-refractivity contribution >= 4 is 5.82 Å². The molecular formula is C19H21F4N5O. The number of halogens is 4. The van der Waals surface area contributed by atoms with Crippen molar-refractivity contribution in [1.29, 1.82) is 0 Å².